The lowest BCUT2D eigenvalue weighted by atomic mass is 9.82. The Hall–Kier alpha value is -2.77. The van der Waals surface area contributed by atoms with E-state index in [-0.39, 0.29) is 22.4 Å². The first kappa shape index (κ1) is 20.0. The van der Waals surface area contributed by atoms with Crippen LogP contribution < -0.4 is 5.32 Å². The highest BCUT2D eigenvalue weighted by Gasteiger charge is 2.35. The van der Waals surface area contributed by atoms with E-state index < -0.39 is 10.5 Å². The third-order valence-corrected chi connectivity index (χ3v) is 5.02. The molecule has 0 bridgehead atoms. The Bertz CT molecular complexity index is 909. The van der Waals surface area contributed by atoms with Gasteiger partial charge in [0, 0.05) is 25.4 Å². The number of nitrogens with one attached hydrogen (secondary N) is 1. The number of hydrogen-bond acceptors (Lipinski definition) is 4. The molecular weight excluding hydrogens is 387 g/mol. The molecule has 1 aliphatic heterocycles. The molecule has 1 fully saturated rings. The molecule has 1 N–H and O–H groups in total. The minimum absolute atomic E-state index is 0.0315. The molecule has 0 aromatic heterocycles. The second kappa shape index (κ2) is 8.50. The Kier molecular flexibility index (Phi) is 6.06. The first-order valence-electron chi connectivity index (χ1n) is 8.68. The lowest BCUT2D eigenvalue weighted by Crippen LogP contribution is -2.49. The lowest BCUT2D eigenvalue weighted by Gasteiger charge is -2.38. The SMILES string of the molecule is O=C(/C=C/c1ccc(Cl)c([N+](=O)[O-])c1)NC1(c2ccc(F)cc2)CCOCC1. The van der Waals surface area contributed by atoms with Crippen molar-refractivity contribution < 1.29 is 18.8 Å². The second-order valence-corrected chi connectivity index (χ2v) is 6.90. The molecule has 146 valence electrons. The van der Waals surface area contributed by atoms with E-state index in [0.717, 1.165) is 5.56 Å². The number of halogens is 2. The minimum atomic E-state index is -0.653. The van der Waals surface area contributed by atoms with Crippen LogP contribution in [-0.2, 0) is 15.1 Å². The highest BCUT2D eigenvalue weighted by Crippen LogP contribution is 2.32. The number of carbonyl (C=O) groups is 1. The van der Waals surface area contributed by atoms with Gasteiger partial charge in [-0.1, -0.05) is 29.8 Å². The Labute approximate surface area is 166 Å². The van der Waals surface area contributed by atoms with E-state index in [2.05, 4.69) is 5.32 Å². The summed E-state index contributed by atoms with van der Waals surface area (Å²) >= 11 is 5.80. The fourth-order valence-electron chi connectivity index (χ4n) is 3.20. The highest BCUT2D eigenvalue weighted by molar-refractivity contribution is 6.32. The highest BCUT2D eigenvalue weighted by atomic mass is 35.5. The van der Waals surface area contributed by atoms with E-state index in [1.165, 1.54) is 36.4 Å². The van der Waals surface area contributed by atoms with Gasteiger partial charge in [-0.05, 0) is 48.2 Å². The summed E-state index contributed by atoms with van der Waals surface area (Å²) in [6.45, 7) is 0.954. The van der Waals surface area contributed by atoms with Crippen LogP contribution in [0, 0.1) is 15.9 Å². The van der Waals surface area contributed by atoms with E-state index in [1.807, 2.05) is 0 Å². The standard InChI is InChI=1S/C20H18ClFN2O4/c21-17-7-1-14(13-18(17)24(26)27)2-8-19(25)23-20(9-11-28-12-10-20)15-3-5-16(22)6-4-15/h1-8,13H,9-12H2,(H,23,25)/b8-2+. The molecule has 0 atom stereocenters. The van der Waals surface area contributed by atoms with Crippen LogP contribution in [-0.4, -0.2) is 24.0 Å². The summed E-state index contributed by atoms with van der Waals surface area (Å²) < 4.78 is 18.7. The monoisotopic (exact) mass is 404 g/mol. The maximum absolute atomic E-state index is 13.3. The summed E-state index contributed by atoms with van der Waals surface area (Å²) in [6.07, 6.45) is 3.92. The smallest absolute Gasteiger partial charge is 0.288 e. The van der Waals surface area contributed by atoms with Crippen LogP contribution in [0.3, 0.4) is 0 Å². The molecule has 3 rings (SSSR count). The fourth-order valence-corrected chi connectivity index (χ4v) is 3.38. The quantitative estimate of drug-likeness (QED) is 0.459. The average molecular weight is 405 g/mol. The summed E-state index contributed by atoms with van der Waals surface area (Å²) in [5.41, 5.74) is 0.408. The number of nitro benzene ring substituents is 1. The first-order chi connectivity index (χ1) is 13.4. The normalized spacial score (nSPS) is 16.1. The molecule has 0 saturated carbocycles. The van der Waals surface area contributed by atoms with E-state index in [0.29, 0.717) is 31.6 Å². The number of rotatable bonds is 5. The van der Waals surface area contributed by atoms with Crippen LogP contribution in [0.25, 0.3) is 6.08 Å². The van der Waals surface area contributed by atoms with E-state index in [9.17, 15) is 19.3 Å². The Morgan fingerprint density at radius 1 is 1.21 bits per heavy atom. The van der Waals surface area contributed by atoms with Crippen LogP contribution in [0.2, 0.25) is 5.02 Å². The van der Waals surface area contributed by atoms with Crippen molar-refractivity contribution in [1.82, 2.24) is 5.32 Å². The van der Waals surface area contributed by atoms with Gasteiger partial charge in [-0.3, -0.25) is 14.9 Å². The summed E-state index contributed by atoms with van der Waals surface area (Å²) in [5, 5.41) is 14.0. The molecule has 1 saturated heterocycles. The van der Waals surface area contributed by atoms with Gasteiger partial charge < -0.3 is 10.1 Å². The molecule has 0 aliphatic carbocycles. The number of nitrogens with zero attached hydrogens (tertiary/aromatic N) is 1. The predicted molar refractivity (Wildman–Crippen MR) is 103 cm³/mol. The van der Waals surface area contributed by atoms with Crippen molar-refractivity contribution in [2.45, 2.75) is 18.4 Å². The number of ether oxygens (including phenoxy) is 1. The van der Waals surface area contributed by atoms with Crippen molar-refractivity contribution in [3.8, 4) is 0 Å². The minimum Gasteiger partial charge on any atom is -0.381 e. The molecule has 28 heavy (non-hydrogen) atoms. The zero-order chi connectivity index (χ0) is 20.1. The van der Waals surface area contributed by atoms with Gasteiger partial charge in [0.15, 0.2) is 0 Å². The summed E-state index contributed by atoms with van der Waals surface area (Å²) in [6, 6.07) is 10.3. The number of nitro groups is 1. The van der Waals surface area contributed by atoms with Gasteiger partial charge >= 0.3 is 0 Å². The number of benzene rings is 2. The van der Waals surface area contributed by atoms with Crippen molar-refractivity contribution in [3.63, 3.8) is 0 Å². The summed E-state index contributed by atoms with van der Waals surface area (Å²) in [7, 11) is 0. The third kappa shape index (κ3) is 4.55. The van der Waals surface area contributed by atoms with Gasteiger partial charge in [-0.25, -0.2) is 4.39 Å². The molecule has 2 aromatic rings. The second-order valence-electron chi connectivity index (χ2n) is 6.49. The van der Waals surface area contributed by atoms with Crippen LogP contribution in [0.15, 0.2) is 48.5 Å². The van der Waals surface area contributed by atoms with Gasteiger partial charge in [-0.2, -0.15) is 0 Å². The molecule has 2 aromatic carbocycles. The van der Waals surface area contributed by atoms with Gasteiger partial charge in [-0.15, -0.1) is 0 Å². The van der Waals surface area contributed by atoms with Crippen molar-refractivity contribution in [2.75, 3.05) is 13.2 Å². The number of carbonyl (C=O) groups excluding carboxylic acids is 1. The number of amides is 1. The Balaban J connectivity index is 1.79. The predicted octanol–water partition coefficient (Wildman–Crippen LogP) is 4.22. The zero-order valence-electron chi connectivity index (χ0n) is 14.9. The molecule has 0 radical (unpaired) electrons. The zero-order valence-corrected chi connectivity index (χ0v) is 15.6. The third-order valence-electron chi connectivity index (χ3n) is 4.70. The topological polar surface area (TPSA) is 81.5 Å². The van der Waals surface area contributed by atoms with Crippen LogP contribution in [0.1, 0.15) is 24.0 Å². The van der Waals surface area contributed by atoms with Crippen molar-refractivity contribution in [1.29, 1.82) is 0 Å². The van der Waals surface area contributed by atoms with E-state index in [4.69, 9.17) is 16.3 Å². The molecule has 6 nitrogen and oxygen atoms in total. The number of hydrogen-bond donors (Lipinski definition) is 1. The van der Waals surface area contributed by atoms with Crippen molar-refractivity contribution >= 4 is 29.3 Å². The van der Waals surface area contributed by atoms with Crippen LogP contribution >= 0.6 is 11.6 Å². The summed E-state index contributed by atoms with van der Waals surface area (Å²) in [4.78, 5) is 22.9. The maximum atomic E-state index is 13.3. The Morgan fingerprint density at radius 2 is 1.89 bits per heavy atom. The maximum Gasteiger partial charge on any atom is 0.288 e. The van der Waals surface area contributed by atoms with E-state index >= 15 is 0 Å². The molecule has 1 amide bonds. The molecular formula is C20H18ClFN2O4. The molecule has 1 heterocycles. The van der Waals surface area contributed by atoms with Gasteiger partial charge in [0.1, 0.15) is 10.8 Å². The van der Waals surface area contributed by atoms with E-state index in [1.54, 1.807) is 18.2 Å². The largest absolute Gasteiger partial charge is 0.381 e. The van der Waals surface area contributed by atoms with Gasteiger partial charge in [0.2, 0.25) is 5.91 Å². The molecule has 0 spiro atoms. The van der Waals surface area contributed by atoms with Crippen molar-refractivity contribution in [2.24, 2.45) is 0 Å². The molecule has 8 heteroatoms. The summed E-state index contributed by atoms with van der Waals surface area (Å²) in [5.74, 6) is -0.703. The first-order valence-corrected chi connectivity index (χ1v) is 9.05. The van der Waals surface area contributed by atoms with Crippen LogP contribution in [0.5, 0.6) is 0 Å². The van der Waals surface area contributed by atoms with Crippen molar-refractivity contribution in [3.05, 3.63) is 80.6 Å². The average Bonchev–Trinajstić information content (AvgIpc) is 2.68. The van der Waals surface area contributed by atoms with Gasteiger partial charge in [0.25, 0.3) is 5.69 Å². The van der Waals surface area contributed by atoms with Crippen LogP contribution in [0.4, 0.5) is 10.1 Å². The van der Waals surface area contributed by atoms with Gasteiger partial charge in [0.05, 0.1) is 10.5 Å². The Morgan fingerprint density at radius 3 is 2.54 bits per heavy atom. The molecule has 0 unspecified atom stereocenters. The molecule has 1 aliphatic rings. The lowest BCUT2D eigenvalue weighted by molar-refractivity contribution is -0.384. The fraction of sp³-hybridized carbons (Fsp3) is 0.250.